The first-order valence-corrected chi connectivity index (χ1v) is 7.16. The molecule has 118 valence electrons. The Kier molecular flexibility index (Phi) is 3.43. The van der Waals surface area contributed by atoms with E-state index in [0.29, 0.717) is 11.6 Å². The number of hydrogen-bond acceptors (Lipinski definition) is 6. The molecule has 3 aromatic heterocycles. The number of nitrogens with zero attached hydrogens (tertiary/aromatic N) is 7. The second kappa shape index (κ2) is 5.88. The predicted molar refractivity (Wildman–Crippen MR) is 85.3 cm³/mol. The molecule has 4 aromatic rings. The fourth-order valence-electron chi connectivity index (χ4n) is 2.34. The molecule has 1 N–H and O–H groups in total. The van der Waals surface area contributed by atoms with Gasteiger partial charge in [-0.1, -0.05) is 12.1 Å². The standard InChI is InChI=1S/C15H12N8O/c24-15(6-22-10-19-11-3-1-2-4-12(11)22)21-13-5-14(18-8-17-13)23-9-16-7-20-23/h1-5,7-10H,6H2,(H,17,18,21,24). The van der Waals surface area contributed by atoms with Crippen molar-refractivity contribution < 1.29 is 4.79 Å². The van der Waals surface area contributed by atoms with Crippen LogP contribution in [-0.2, 0) is 11.3 Å². The topological polar surface area (TPSA) is 103 Å². The van der Waals surface area contributed by atoms with Crippen molar-refractivity contribution >= 4 is 22.8 Å². The van der Waals surface area contributed by atoms with Crippen LogP contribution in [0.25, 0.3) is 16.9 Å². The Balaban J connectivity index is 1.51. The van der Waals surface area contributed by atoms with Crippen LogP contribution >= 0.6 is 0 Å². The smallest absolute Gasteiger partial charge is 0.245 e. The Morgan fingerprint density at radius 2 is 2.00 bits per heavy atom. The number of benzene rings is 1. The van der Waals surface area contributed by atoms with Gasteiger partial charge in [0.15, 0.2) is 5.82 Å². The lowest BCUT2D eigenvalue weighted by Crippen LogP contribution is -2.19. The van der Waals surface area contributed by atoms with E-state index >= 15 is 0 Å². The molecule has 0 spiro atoms. The Bertz CT molecular complexity index is 992. The number of hydrogen-bond donors (Lipinski definition) is 1. The summed E-state index contributed by atoms with van der Waals surface area (Å²) in [6.07, 6.45) is 5.93. The minimum atomic E-state index is -0.207. The highest BCUT2D eigenvalue weighted by atomic mass is 16.2. The number of rotatable bonds is 4. The van der Waals surface area contributed by atoms with Crippen LogP contribution in [0.4, 0.5) is 5.82 Å². The van der Waals surface area contributed by atoms with Crippen LogP contribution in [-0.4, -0.2) is 40.2 Å². The highest BCUT2D eigenvalue weighted by Crippen LogP contribution is 2.12. The average Bonchev–Trinajstić information content (AvgIpc) is 3.26. The van der Waals surface area contributed by atoms with E-state index in [1.54, 1.807) is 17.0 Å². The first-order chi connectivity index (χ1) is 11.8. The number of fused-ring (bicyclic) bond motifs is 1. The van der Waals surface area contributed by atoms with Crippen LogP contribution in [0.5, 0.6) is 0 Å². The molecule has 3 heterocycles. The van der Waals surface area contributed by atoms with Gasteiger partial charge in [-0.15, -0.1) is 0 Å². The van der Waals surface area contributed by atoms with Crippen LogP contribution in [0.1, 0.15) is 0 Å². The fraction of sp³-hybridized carbons (Fsp3) is 0.0667. The Hall–Kier alpha value is -3.62. The SMILES string of the molecule is O=C(Cn1cnc2ccccc21)Nc1cc(-n2cncn2)ncn1. The van der Waals surface area contributed by atoms with Gasteiger partial charge in [-0.05, 0) is 12.1 Å². The summed E-state index contributed by atoms with van der Waals surface area (Å²) in [6.45, 7) is 0.142. The van der Waals surface area contributed by atoms with E-state index in [4.69, 9.17) is 0 Å². The van der Waals surface area contributed by atoms with E-state index in [-0.39, 0.29) is 12.5 Å². The van der Waals surface area contributed by atoms with E-state index in [0.717, 1.165) is 11.0 Å². The van der Waals surface area contributed by atoms with Crippen LogP contribution in [0, 0.1) is 0 Å². The molecule has 9 nitrogen and oxygen atoms in total. The van der Waals surface area contributed by atoms with Gasteiger partial charge in [-0.3, -0.25) is 4.79 Å². The lowest BCUT2D eigenvalue weighted by atomic mass is 10.3. The molecule has 0 radical (unpaired) electrons. The number of para-hydroxylation sites is 2. The quantitative estimate of drug-likeness (QED) is 0.603. The van der Waals surface area contributed by atoms with Crippen molar-refractivity contribution in [1.82, 2.24) is 34.3 Å². The summed E-state index contributed by atoms with van der Waals surface area (Å²) in [7, 11) is 0. The summed E-state index contributed by atoms with van der Waals surface area (Å²) in [4.78, 5) is 28.5. The molecule has 4 rings (SSSR count). The Morgan fingerprint density at radius 1 is 1.08 bits per heavy atom. The fourth-order valence-corrected chi connectivity index (χ4v) is 2.34. The lowest BCUT2D eigenvalue weighted by molar-refractivity contribution is -0.116. The molecule has 0 saturated carbocycles. The number of nitrogens with one attached hydrogen (secondary N) is 1. The number of carbonyl (C=O) groups excluding carboxylic acids is 1. The van der Waals surface area contributed by atoms with E-state index in [9.17, 15) is 4.79 Å². The maximum atomic E-state index is 12.3. The number of aromatic nitrogens is 7. The maximum Gasteiger partial charge on any atom is 0.245 e. The van der Waals surface area contributed by atoms with Crippen molar-refractivity contribution in [1.29, 1.82) is 0 Å². The van der Waals surface area contributed by atoms with Crippen molar-refractivity contribution in [2.75, 3.05) is 5.32 Å². The van der Waals surface area contributed by atoms with Crippen molar-refractivity contribution in [3.63, 3.8) is 0 Å². The molecule has 0 bridgehead atoms. The molecule has 0 fully saturated rings. The molecule has 0 atom stereocenters. The normalized spacial score (nSPS) is 10.8. The second-order valence-corrected chi connectivity index (χ2v) is 5.01. The van der Waals surface area contributed by atoms with Crippen molar-refractivity contribution in [3.8, 4) is 5.82 Å². The summed E-state index contributed by atoms with van der Waals surface area (Å²) < 4.78 is 3.27. The third kappa shape index (κ3) is 2.70. The molecule has 0 unspecified atom stereocenters. The van der Waals surface area contributed by atoms with Crippen molar-refractivity contribution in [2.45, 2.75) is 6.54 Å². The van der Waals surface area contributed by atoms with Gasteiger partial charge >= 0.3 is 0 Å². The molecule has 1 amide bonds. The lowest BCUT2D eigenvalue weighted by Gasteiger charge is -2.07. The predicted octanol–water partition coefficient (Wildman–Crippen LogP) is 1.05. The highest BCUT2D eigenvalue weighted by molar-refractivity contribution is 5.90. The number of anilines is 1. The van der Waals surface area contributed by atoms with Gasteiger partial charge in [0.05, 0.1) is 17.4 Å². The summed E-state index contributed by atoms with van der Waals surface area (Å²) in [6, 6.07) is 9.26. The van der Waals surface area contributed by atoms with Gasteiger partial charge in [0.25, 0.3) is 0 Å². The molecule has 0 saturated heterocycles. The Morgan fingerprint density at radius 3 is 2.88 bits per heavy atom. The summed E-state index contributed by atoms with van der Waals surface area (Å²) >= 11 is 0. The van der Waals surface area contributed by atoms with Gasteiger partial charge < -0.3 is 9.88 Å². The van der Waals surface area contributed by atoms with Gasteiger partial charge in [0.2, 0.25) is 5.91 Å². The van der Waals surface area contributed by atoms with Crippen LogP contribution in [0.15, 0.2) is 55.6 Å². The summed E-state index contributed by atoms with van der Waals surface area (Å²) in [5.74, 6) is 0.706. The molecule has 0 aliphatic heterocycles. The molecular weight excluding hydrogens is 308 g/mol. The summed E-state index contributed by atoms with van der Waals surface area (Å²) in [5.41, 5.74) is 1.75. The van der Waals surface area contributed by atoms with Gasteiger partial charge in [0, 0.05) is 6.07 Å². The largest absolute Gasteiger partial charge is 0.321 e. The van der Waals surface area contributed by atoms with Crippen molar-refractivity contribution in [2.24, 2.45) is 0 Å². The zero-order chi connectivity index (χ0) is 16.4. The first kappa shape index (κ1) is 14.0. The minimum absolute atomic E-state index is 0.142. The number of amides is 1. The third-order valence-electron chi connectivity index (χ3n) is 3.41. The zero-order valence-electron chi connectivity index (χ0n) is 12.4. The Labute approximate surface area is 136 Å². The maximum absolute atomic E-state index is 12.3. The molecule has 0 aliphatic rings. The molecular formula is C15H12N8O. The van der Waals surface area contributed by atoms with Crippen LogP contribution < -0.4 is 5.32 Å². The van der Waals surface area contributed by atoms with Crippen LogP contribution in [0.2, 0.25) is 0 Å². The van der Waals surface area contributed by atoms with Gasteiger partial charge in [-0.2, -0.15) is 5.10 Å². The third-order valence-corrected chi connectivity index (χ3v) is 3.41. The zero-order valence-corrected chi connectivity index (χ0v) is 12.4. The van der Waals surface area contributed by atoms with E-state index < -0.39 is 0 Å². The second-order valence-electron chi connectivity index (χ2n) is 5.01. The first-order valence-electron chi connectivity index (χ1n) is 7.16. The van der Waals surface area contributed by atoms with Crippen molar-refractivity contribution in [3.05, 3.63) is 55.6 Å². The van der Waals surface area contributed by atoms with E-state index in [1.165, 1.54) is 23.7 Å². The molecule has 1 aromatic carbocycles. The monoisotopic (exact) mass is 320 g/mol. The number of imidazole rings is 1. The average molecular weight is 320 g/mol. The van der Waals surface area contributed by atoms with Gasteiger partial charge in [-0.25, -0.2) is 24.6 Å². The van der Waals surface area contributed by atoms with Gasteiger partial charge in [0.1, 0.15) is 31.3 Å². The molecule has 0 aliphatic carbocycles. The van der Waals surface area contributed by atoms with E-state index in [2.05, 4.69) is 30.4 Å². The van der Waals surface area contributed by atoms with E-state index in [1.807, 2.05) is 24.3 Å². The molecule has 24 heavy (non-hydrogen) atoms. The van der Waals surface area contributed by atoms with Crippen LogP contribution in [0.3, 0.4) is 0 Å². The highest BCUT2D eigenvalue weighted by Gasteiger charge is 2.09. The number of carbonyl (C=O) groups is 1. The minimum Gasteiger partial charge on any atom is -0.321 e. The molecule has 9 heteroatoms. The summed E-state index contributed by atoms with van der Waals surface area (Å²) in [5, 5.41) is 6.74.